The van der Waals surface area contributed by atoms with Crippen molar-refractivity contribution in [3.05, 3.63) is 29.8 Å². The van der Waals surface area contributed by atoms with Crippen LogP contribution in [0, 0.1) is 0 Å². The summed E-state index contributed by atoms with van der Waals surface area (Å²) in [6.45, 7) is 4.36. The first kappa shape index (κ1) is 17.0. The molecule has 0 aromatic heterocycles. The molecule has 0 saturated heterocycles. The van der Waals surface area contributed by atoms with Gasteiger partial charge in [0.1, 0.15) is 0 Å². The van der Waals surface area contributed by atoms with Crippen LogP contribution in [0.25, 0.3) is 0 Å². The number of nitrogens with two attached hydrogens (primary N) is 1. The van der Waals surface area contributed by atoms with Crippen molar-refractivity contribution < 1.29 is 14.7 Å². The monoisotopic (exact) mass is 292 g/mol. The lowest BCUT2D eigenvalue weighted by Gasteiger charge is -2.26. The lowest BCUT2D eigenvalue weighted by molar-refractivity contribution is -0.138. The molecular weight excluding hydrogens is 268 g/mol. The van der Waals surface area contributed by atoms with E-state index in [-0.39, 0.29) is 18.4 Å². The molecule has 1 aromatic rings. The Hall–Kier alpha value is -2.04. The number of amides is 1. The standard InChI is InChI=1S/C16H24N2O3/c1-12(2)18(11-5-8-16(20)21)15(19)10-9-13-6-3-4-7-14(13)17/h3-4,6-7,12H,5,8-11,17H2,1-2H3,(H,20,21). The Bertz CT molecular complexity index is 486. The molecule has 1 aromatic carbocycles. The fourth-order valence-corrected chi connectivity index (χ4v) is 2.22. The zero-order valence-corrected chi connectivity index (χ0v) is 12.7. The maximum atomic E-state index is 12.3. The first-order valence-corrected chi connectivity index (χ1v) is 7.26. The Morgan fingerprint density at radius 3 is 2.48 bits per heavy atom. The van der Waals surface area contributed by atoms with Gasteiger partial charge in [-0.3, -0.25) is 9.59 Å². The molecule has 0 bridgehead atoms. The minimum Gasteiger partial charge on any atom is -0.481 e. The quantitative estimate of drug-likeness (QED) is 0.720. The van der Waals surface area contributed by atoms with E-state index in [1.165, 1.54) is 0 Å². The van der Waals surface area contributed by atoms with Gasteiger partial charge in [0.05, 0.1) is 0 Å². The molecule has 1 rings (SSSR count). The molecule has 5 heteroatoms. The molecule has 0 aliphatic rings. The number of nitrogen functional groups attached to an aromatic ring is 1. The van der Waals surface area contributed by atoms with Gasteiger partial charge in [0.15, 0.2) is 0 Å². The SMILES string of the molecule is CC(C)N(CCCC(=O)O)C(=O)CCc1ccccc1N. The number of nitrogens with zero attached hydrogens (tertiary/aromatic N) is 1. The van der Waals surface area contributed by atoms with Gasteiger partial charge < -0.3 is 15.7 Å². The number of benzene rings is 1. The zero-order valence-electron chi connectivity index (χ0n) is 12.7. The maximum Gasteiger partial charge on any atom is 0.303 e. The van der Waals surface area contributed by atoms with Gasteiger partial charge in [-0.15, -0.1) is 0 Å². The number of aryl methyl sites for hydroxylation is 1. The van der Waals surface area contributed by atoms with E-state index < -0.39 is 5.97 Å². The Morgan fingerprint density at radius 1 is 1.24 bits per heavy atom. The summed E-state index contributed by atoms with van der Waals surface area (Å²) in [5, 5.41) is 8.67. The van der Waals surface area contributed by atoms with E-state index in [4.69, 9.17) is 10.8 Å². The molecule has 0 radical (unpaired) electrons. The van der Waals surface area contributed by atoms with Crippen molar-refractivity contribution in [1.29, 1.82) is 0 Å². The van der Waals surface area contributed by atoms with Gasteiger partial charge in [0.25, 0.3) is 0 Å². The Kier molecular flexibility index (Phi) is 6.72. The number of para-hydroxylation sites is 1. The summed E-state index contributed by atoms with van der Waals surface area (Å²) in [6, 6.07) is 7.59. The molecule has 21 heavy (non-hydrogen) atoms. The molecule has 0 unspecified atom stereocenters. The fraction of sp³-hybridized carbons (Fsp3) is 0.500. The van der Waals surface area contributed by atoms with E-state index in [1.807, 2.05) is 38.1 Å². The van der Waals surface area contributed by atoms with Crippen LogP contribution in [0.5, 0.6) is 0 Å². The number of carboxylic acid groups (broad SMARTS) is 1. The van der Waals surface area contributed by atoms with E-state index >= 15 is 0 Å². The number of aliphatic carboxylic acids is 1. The van der Waals surface area contributed by atoms with Crippen LogP contribution in [-0.4, -0.2) is 34.5 Å². The van der Waals surface area contributed by atoms with Gasteiger partial charge in [-0.05, 0) is 38.3 Å². The molecule has 5 nitrogen and oxygen atoms in total. The van der Waals surface area contributed by atoms with E-state index in [2.05, 4.69) is 0 Å². The van der Waals surface area contributed by atoms with Gasteiger partial charge in [0.2, 0.25) is 5.91 Å². The second kappa shape index (κ2) is 8.29. The van der Waals surface area contributed by atoms with Gasteiger partial charge in [-0.1, -0.05) is 18.2 Å². The van der Waals surface area contributed by atoms with Crippen LogP contribution in [0.4, 0.5) is 5.69 Å². The van der Waals surface area contributed by atoms with E-state index in [0.29, 0.717) is 31.5 Å². The maximum absolute atomic E-state index is 12.3. The predicted octanol–water partition coefficient (Wildman–Crippen LogP) is 2.30. The number of hydrogen-bond acceptors (Lipinski definition) is 3. The number of carbonyl (C=O) groups excluding carboxylic acids is 1. The minimum absolute atomic E-state index is 0.0404. The topological polar surface area (TPSA) is 83.6 Å². The van der Waals surface area contributed by atoms with Crippen molar-refractivity contribution in [2.75, 3.05) is 12.3 Å². The highest BCUT2D eigenvalue weighted by Gasteiger charge is 2.17. The Morgan fingerprint density at radius 2 is 1.90 bits per heavy atom. The summed E-state index contributed by atoms with van der Waals surface area (Å²) in [6.07, 6.45) is 1.56. The third-order valence-electron chi connectivity index (χ3n) is 3.40. The van der Waals surface area contributed by atoms with Gasteiger partial charge in [0, 0.05) is 31.1 Å². The second-order valence-corrected chi connectivity index (χ2v) is 5.38. The number of anilines is 1. The van der Waals surface area contributed by atoms with E-state index in [1.54, 1.807) is 4.90 Å². The summed E-state index contributed by atoms with van der Waals surface area (Å²) < 4.78 is 0. The van der Waals surface area contributed by atoms with Crippen LogP contribution in [0.1, 0.15) is 38.7 Å². The van der Waals surface area contributed by atoms with Crippen molar-refractivity contribution in [2.24, 2.45) is 0 Å². The predicted molar refractivity (Wildman–Crippen MR) is 82.9 cm³/mol. The van der Waals surface area contributed by atoms with Crippen LogP contribution in [0.2, 0.25) is 0 Å². The highest BCUT2D eigenvalue weighted by Crippen LogP contribution is 2.14. The number of rotatable bonds is 8. The molecule has 1 amide bonds. The Labute approximate surface area is 125 Å². The van der Waals surface area contributed by atoms with Crippen LogP contribution < -0.4 is 5.73 Å². The summed E-state index contributed by atoms with van der Waals surface area (Å²) in [7, 11) is 0. The summed E-state index contributed by atoms with van der Waals surface area (Å²) in [4.78, 5) is 24.6. The number of carboxylic acids is 1. The summed E-state index contributed by atoms with van der Waals surface area (Å²) in [5.74, 6) is -0.790. The largest absolute Gasteiger partial charge is 0.481 e. The molecular formula is C16H24N2O3. The molecule has 3 N–H and O–H groups in total. The van der Waals surface area contributed by atoms with Gasteiger partial charge >= 0.3 is 5.97 Å². The Balaban J connectivity index is 2.53. The van der Waals surface area contributed by atoms with Crippen molar-refractivity contribution in [1.82, 2.24) is 4.90 Å². The molecule has 0 heterocycles. The lowest BCUT2D eigenvalue weighted by Crippen LogP contribution is -2.38. The fourth-order valence-electron chi connectivity index (χ4n) is 2.22. The molecule has 0 aliphatic carbocycles. The molecule has 0 atom stereocenters. The minimum atomic E-state index is -0.830. The first-order valence-electron chi connectivity index (χ1n) is 7.26. The van der Waals surface area contributed by atoms with Gasteiger partial charge in [-0.25, -0.2) is 0 Å². The number of hydrogen-bond donors (Lipinski definition) is 2. The lowest BCUT2D eigenvalue weighted by atomic mass is 10.1. The molecule has 0 saturated carbocycles. The zero-order chi connectivity index (χ0) is 15.8. The molecule has 116 valence electrons. The molecule has 0 spiro atoms. The smallest absolute Gasteiger partial charge is 0.303 e. The summed E-state index contributed by atoms with van der Waals surface area (Å²) >= 11 is 0. The summed E-state index contributed by atoms with van der Waals surface area (Å²) in [5.41, 5.74) is 7.54. The average molecular weight is 292 g/mol. The van der Waals surface area contributed by atoms with Crippen LogP contribution in [0.3, 0.4) is 0 Å². The van der Waals surface area contributed by atoms with Crippen LogP contribution >= 0.6 is 0 Å². The van der Waals surface area contributed by atoms with Crippen LogP contribution in [0.15, 0.2) is 24.3 Å². The number of carbonyl (C=O) groups is 2. The van der Waals surface area contributed by atoms with Crippen molar-refractivity contribution in [3.8, 4) is 0 Å². The van der Waals surface area contributed by atoms with Crippen molar-refractivity contribution in [3.63, 3.8) is 0 Å². The first-order chi connectivity index (χ1) is 9.91. The van der Waals surface area contributed by atoms with E-state index in [0.717, 1.165) is 5.56 Å². The average Bonchev–Trinajstić information content (AvgIpc) is 2.41. The highest BCUT2D eigenvalue weighted by molar-refractivity contribution is 5.77. The van der Waals surface area contributed by atoms with E-state index in [9.17, 15) is 9.59 Å². The molecule has 0 aliphatic heterocycles. The van der Waals surface area contributed by atoms with Crippen LogP contribution in [-0.2, 0) is 16.0 Å². The molecule has 0 fully saturated rings. The normalized spacial score (nSPS) is 10.6. The van der Waals surface area contributed by atoms with Gasteiger partial charge in [-0.2, -0.15) is 0 Å². The highest BCUT2D eigenvalue weighted by atomic mass is 16.4. The second-order valence-electron chi connectivity index (χ2n) is 5.38. The van der Waals surface area contributed by atoms with Crippen molar-refractivity contribution >= 4 is 17.6 Å². The third-order valence-corrected chi connectivity index (χ3v) is 3.40. The third kappa shape index (κ3) is 5.85. The van der Waals surface area contributed by atoms with Crippen molar-refractivity contribution in [2.45, 2.75) is 45.6 Å².